The number of aromatic nitrogens is 2. The van der Waals surface area contributed by atoms with E-state index in [1.807, 2.05) is 0 Å². The number of benzene rings is 2. The maximum absolute atomic E-state index is 13.6. The topological polar surface area (TPSA) is 54.9 Å². The van der Waals surface area contributed by atoms with Gasteiger partial charge in [0.25, 0.3) is 5.91 Å². The van der Waals surface area contributed by atoms with Gasteiger partial charge in [-0.2, -0.15) is 4.37 Å². The molecule has 0 spiro atoms. The third-order valence-corrected chi connectivity index (χ3v) is 3.86. The van der Waals surface area contributed by atoms with Crippen molar-refractivity contribution in [3.63, 3.8) is 0 Å². The number of amides is 1. The molecule has 24 heavy (non-hydrogen) atoms. The average molecular weight is 349 g/mol. The van der Waals surface area contributed by atoms with Crippen LogP contribution in [0.15, 0.2) is 42.5 Å². The van der Waals surface area contributed by atoms with E-state index in [0.717, 1.165) is 29.2 Å². The minimum Gasteiger partial charge on any atom is -0.289 e. The van der Waals surface area contributed by atoms with Crippen molar-refractivity contribution in [1.82, 2.24) is 9.36 Å². The highest BCUT2D eigenvalue weighted by Gasteiger charge is 2.18. The highest BCUT2D eigenvalue weighted by molar-refractivity contribution is 7.05. The molecule has 3 rings (SSSR count). The lowest BCUT2D eigenvalue weighted by Gasteiger charge is -2.03. The fraction of sp³-hybridized carbons (Fsp3) is 0.0625. The Morgan fingerprint density at radius 1 is 1.04 bits per heavy atom. The SMILES string of the molecule is O=C(Nc1nsc(Cc2ccc(F)cc2)n1)c1c(F)cccc1F. The molecule has 0 aliphatic carbocycles. The van der Waals surface area contributed by atoms with Crippen LogP contribution < -0.4 is 5.32 Å². The van der Waals surface area contributed by atoms with Crippen molar-refractivity contribution >= 4 is 23.4 Å². The summed E-state index contributed by atoms with van der Waals surface area (Å²) in [5.41, 5.74) is 0.137. The summed E-state index contributed by atoms with van der Waals surface area (Å²) in [5.74, 6) is -3.26. The molecule has 0 fully saturated rings. The Kier molecular flexibility index (Phi) is 4.57. The smallest absolute Gasteiger partial charge is 0.264 e. The summed E-state index contributed by atoms with van der Waals surface area (Å²) in [6.45, 7) is 0. The monoisotopic (exact) mass is 349 g/mol. The number of hydrogen-bond donors (Lipinski definition) is 1. The van der Waals surface area contributed by atoms with Crippen molar-refractivity contribution in [2.24, 2.45) is 0 Å². The van der Waals surface area contributed by atoms with Crippen LogP contribution in [0.4, 0.5) is 19.1 Å². The molecule has 0 unspecified atom stereocenters. The summed E-state index contributed by atoms with van der Waals surface area (Å²) in [6, 6.07) is 9.05. The Morgan fingerprint density at radius 2 is 1.71 bits per heavy atom. The van der Waals surface area contributed by atoms with Gasteiger partial charge in [-0.1, -0.05) is 18.2 Å². The van der Waals surface area contributed by atoms with E-state index in [9.17, 15) is 18.0 Å². The second-order valence-electron chi connectivity index (χ2n) is 4.87. The Hall–Kier alpha value is -2.74. The first kappa shape index (κ1) is 16.1. The molecule has 1 aromatic heterocycles. The van der Waals surface area contributed by atoms with Gasteiger partial charge < -0.3 is 0 Å². The summed E-state index contributed by atoms with van der Waals surface area (Å²) >= 11 is 1.04. The maximum Gasteiger partial charge on any atom is 0.264 e. The number of rotatable bonds is 4. The van der Waals surface area contributed by atoms with Gasteiger partial charge in [-0.15, -0.1) is 0 Å². The van der Waals surface area contributed by atoms with Gasteiger partial charge in [-0.05, 0) is 41.4 Å². The zero-order valence-electron chi connectivity index (χ0n) is 12.1. The van der Waals surface area contributed by atoms with Gasteiger partial charge in [0.1, 0.15) is 28.0 Å². The lowest BCUT2D eigenvalue weighted by atomic mass is 10.1. The Balaban J connectivity index is 1.72. The predicted octanol–water partition coefficient (Wildman–Crippen LogP) is 3.80. The molecule has 0 radical (unpaired) electrons. The van der Waals surface area contributed by atoms with Crippen molar-refractivity contribution in [3.8, 4) is 0 Å². The summed E-state index contributed by atoms with van der Waals surface area (Å²) < 4.78 is 43.9. The van der Waals surface area contributed by atoms with Crippen molar-refractivity contribution in [1.29, 1.82) is 0 Å². The number of halogens is 3. The fourth-order valence-electron chi connectivity index (χ4n) is 2.03. The van der Waals surface area contributed by atoms with E-state index >= 15 is 0 Å². The summed E-state index contributed by atoms with van der Waals surface area (Å²) in [7, 11) is 0. The molecule has 2 aromatic carbocycles. The maximum atomic E-state index is 13.6. The number of carbonyl (C=O) groups excluding carboxylic acids is 1. The highest BCUT2D eigenvalue weighted by atomic mass is 32.1. The Morgan fingerprint density at radius 3 is 2.38 bits per heavy atom. The van der Waals surface area contributed by atoms with Crippen LogP contribution in [0.3, 0.4) is 0 Å². The molecule has 0 saturated heterocycles. The Bertz CT molecular complexity index is 860. The van der Waals surface area contributed by atoms with Gasteiger partial charge in [0.05, 0.1) is 0 Å². The fourth-order valence-corrected chi connectivity index (χ4v) is 2.67. The van der Waals surface area contributed by atoms with E-state index in [-0.39, 0.29) is 11.8 Å². The van der Waals surface area contributed by atoms with Crippen molar-refractivity contribution in [2.45, 2.75) is 6.42 Å². The molecule has 0 bridgehead atoms. The van der Waals surface area contributed by atoms with E-state index in [1.165, 1.54) is 18.2 Å². The molecule has 4 nitrogen and oxygen atoms in total. The van der Waals surface area contributed by atoms with Crippen LogP contribution in [0, 0.1) is 17.5 Å². The third kappa shape index (κ3) is 3.60. The minimum absolute atomic E-state index is 0.0373. The molecule has 3 aromatic rings. The molecule has 122 valence electrons. The number of hydrogen-bond acceptors (Lipinski definition) is 4. The van der Waals surface area contributed by atoms with Gasteiger partial charge in [0, 0.05) is 6.42 Å². The van der Waals surface area contributed by atoms with E-state index in [0.29, 0.717) is 11.4 Å². The van der Waals surface area contributed by atoms with E-state index in [4.69, 9.17) is 0 Å². The molecule has 0 saturated carbocycles. The highest BCUT2D eigenvalue weighted by Crippen LogP contribution is 2.17. The molecule has 1 N–H and O–H groups in total. The molecular weight excluding hydrogens is 339 g/mol. The number of nitrogens with one attached hydrogen (secondary N) is 1. The van der Waals surface area contributed by atoms with Gasteiger partial charge in [0.15, 0.2) is 0 Å². The second kappa shape index (κ2) is 6.79. The molecule has 8 heteroatoms. The first-order chi connectivity index (χ1) is 11.5. The lowest BCUT2D eigenvalue weighted by Crippen LogP contribution is -2.16. The average Bonchev–Trinajstić information content (AvgIpc) is 2.96. The zero-order chi connectivity index (χ0) is 17.1. The van der Waals surface area contributed by atoms with Gasteiger partial charge in [-0.25, -0.2) is 18.2 Å². The third-order valence-electron chi connectivity index (χ3n) is 3.15. The largest absolute Gasteiger partial charge is 0.289 e. The van der Waals surface area contributed by atoms with E-state index in [1.54, 1.807) is 12.1 Å². The first-order valence-electron chi connectivity index (χ1n) is 6.85. The van der Waals surface area contributed by atoms with Crippen molar-refractivity contribution in [3.05, 3.63) is 76.1 Å². The van der Waals surface area contributed by atoms with Gasteiger partial charge >= 0.3 is 0 Å². The Labute approximate surface area is 139 Å². The summed E-state index contributed by atoms with van der Waals surface area (Å²) in [5, 5.41) is 2.84. The van der Waals surface area contributed by atoms with Crippen molar-refractivity contribution in [2.75, 3.05) is 5.32 Å². The standard InChI is InChI=1S/C16H10F3N3OS/c17-10-6-4-9(5-7-10)8-13-20-16(22-24-13)21-15(23)14-11(18)2-1-3-12(14)19/h1-7H,8H2,(H,21,22,23). The first-order valence-corrected chi connectivity index (χ1v) is 7.62. The summed E-state index contributed by atoms with van der Waals surface area (Å²) in [4.78, 5) is 16.0. The van der Waals surface area contributed by atoms with Gasteiger partial charge in [-0.3, -0.25) is 10.1 Å². The zero-order valence-corrected chi connectivity index (χ0v) is 12.9. The molecule has 0 atom stereocenters. The molecule has 0 aliphatic rings. The molecule has 0 aliphatic heterocycles. The van der Waals surface area contributed by atoms with Crippen molar-refractivity contribution < 1.29 is 18.0 Å². The predicted molar refractivity (Wildman–Crippen MR) is 83.4 cm³/mol. The van der Waals surface area contributed by atoms with Crippen LogP contribution >= 0.6 is 11.5 Å². The molecule has 1 heterocycles. The van der Waals surface area contributed by atoms with E-state index in [2.05, 4.69) is 14.7 Å². The second-order valence-corrected chi connectivity index (χ2v) is 5.70. The van der Waals surface area contributed by atoms with Crippen LogP contribution in [0.25, 0.3) is 0 Å². The molecular formula is C16H10F3N3OS. The van der Waals surface area contributed by atoms with Crippen LogP contribution in [0.1, 0.15) is 20.9 Å². The van der Waals surface area contributed by atoms with Gasteiger partial charge in [0.2, 0.25) is 5.95 Å². The summed E-state index contributed by atoms with van der Waals surface area (Å²) in [6.07, 6.45) is 0.405. The van der Waals surface area contributed by atoms with Crippen LogP contribution in [-0.2, 0) is 6.42 Å². The normalized spacial score (nSPS) is 10.6. The minimum atomic E-state index is -0.964. The van der Waals surface area contributed by atoms with Crippen LogP contribution in [-0.4, -0.2) is 15.3 Å². The van der Waals surface area contributed by atoms with Crippen LogP contribution in [0.5, 0.6) is 0 Å². The lowest BCUT2D eigenvalue weighted by molar-refractivity contribution is 0.101. The van der Waals surface area contributed by atoms with Crippen LogP contribution in [0.2, 0.25) is 0 Å². The van der Waals surface area contributed by atoms with E-state index < -0.39 is 23.1 Å². The molecule has 1 amide bonds. The number of anilines is 1. The number of carbonyl (C=O) groups is 1. The quantitative estimate of drug-likeness (QED) is 0.779. The number of nitrogens with zero attached hydrogens (tertiary/aromatic N) is 2.